The highest BCUT2D eigenvalue weighted by atomic mass is 16.5. The van der Waals surface area contributed by atoms with E-state index in [1.54, 1.807) is 7.11 Å². The third-order valence-corrected chi connectivity index (χ3v) is 3.90. The van der Waals surface area contributed by atoms with Gasteiger partial charge in [0, 0.05) is 25.7 Å². The number of piperidine rings is 1. The highest BCUT2D eigenvalue weighted by Gasteiger charge is 2.53. The van der Waals surface area contributed by atoms with Gasteiger partial charge in [0.1, 0.15) is 5.75 Å². The Labute approximate surface area is 96.2 Å². The van der Waals surface area contributed by atoms with Crippen LogP contribution in [0.15, 0.2) is 24.3 Å². The lowest BCUT2D eigenvalue weighted by Crippen LogP contribution is -2.27. The number of fused-ring (bicyclic) bond motifs is 1. The molecule has 0 aromatic heterocycles. The van der Waals surface area contributed by atoms with Crippen LogP contribution in [0, 0.1) is 11.8 Å². The normalized spacial score (nSPS) is 32.5. The molecule has 0 radical (unpaired) electrons. The van der Waals surface area contributed by atoms with Gasteiger partial charge in [-0.3, -0.25) is 4.90 Å². The number of rotatable bonds is 3. The molecule has 3 nitrogen and oxygen atoms in total. The van der Waals surface area contributed by atoms with Gasteiger partial charge in [0.25, 0.3) is 0 Å². The Kier molecular flexibility index (Phi) is 2.37. The van der Waals surface area contributed by atoms with Gasteiger partial charge >= 0.3 is 0 Å². The van der Waals surface area contributed by atoms with E-state index in [4.69, 9.17) is 10.5 Å². The largest absolute Gasteiger partial charge is 0.497 e. The zero-order valence-electron chi connectivity index (χ0n) is 9.60. The molecule has 0 spiro atoms. The number of hydrogen-bond acceptors (Lipinski definition) is 3. The van der Waals surface area contributed by atoms with Gasteiger partial charge in [-0.05, 0) is 29.5 Å². The summed E-state index contributed by atoms with van der Waals surface area (Å²) in [5.74, 6) is 2.48. The van der Waals surface area contributed by atoms with Gasteiger partial charge in [0.05, 0.1) is 7.11 Å². The van der Waals surface area contributed by atoms with Gasteiger partial charge in [-0.1, -0.05) is 12.1 Å². The maximum absolute atomic E-state index is 5.92. The lowest BCUT2D eigenvalue weighted by molar-refractivity contribution is 0.290. The van der Waals surface area contributed by atoms with Crippen LogP contribution in [0.4, 0.5) is 0 Å². The molecule has 3 heteroatoms. The number of likely N-dealkylation sites (tertiary alicyclic amines) is 1. The van der Waals surface area contributed by atoms with Crippen molar-refractivity contribution in [2.45, 2.75) is 12.6 Å². The van der Waals surface area contributed by atoms with Crippen LogP contribution in [0.5, 0.6) is 5.75 Å². The van der Waals surface area contributed by atoms with Gasteiger partial charge in [-0.25, -0.2) is 0 Å². The van der Waals surface area contributed by atoms with Crippen LogP contribution in [-0.2, 0) is 6.54 Å². The lowest BCUT2D eigenvalue weighted by atomic mass is 10.2. The monoisotopic (exact) mass is 218 g/mol. The average molecular weight is 218 g/mol. The number of benzene rings is 1. The molecule has 1 aromatic carbocycles. The predicted octanol–water partition coefficient (Wildman–Crippen LogP) is 1.08. The van der Waals surface area contributed by atoms with Gasteiger partial charge in [-0.15, -0.1) is 0 Å². The molecular weight excluding hydrogens is 200 g/mol. The first-order chi connectivity index (χ1) is 7.78. The number of nitrogens with zero attached hydrogens (tertiary/aromatic N) is 1. The third kappa shape index (κ3) is 1.70. The van der Waals surface area contributed by atoms with Crippen molar-refractivity contribution < 1.29 is 4.74 Å². The topological polar surface area (TPSA) is 38.5 Å². The molecule has 0 unspecified atom stereocenters. The van der Waals surface area contributed by atoms with Crippen LogP contribution in [0.2, 0.25) is 0 Å². The first-order valence-electron chi connectivity index (χ1n) is 5.89. The molecule has 86 valence electrons. The van der Waals surface area contributed by atoms with Crippen molar-refractivity contribution in [3.63, 3.8) is 0 Å². The zero-order chi connectivity index (χ0) is 11.1. The van der Waals surface area contributed by atoms with Crippen molar-refractivity contribution in [3.05, 3.63) is 29.8 Å². The zero-order valence-corrected chi connectivity index (χ0v) is 9.60. The van der Waals surface area contributed by atoms with E-state index in [9.17, 15) is 0 Å². The molecule has 2 aliphatic rings. The molecular formula is C13H18N2O. The molecule has 1 saturated carbocycles. The summed E-state index contributed by atoms with van der Waals surface area (Å²) < 4.78 is 5.15. The summed E-state index contributed by atoms with van der Waals surface area (Å²) in [5, 5.41) is 0. The molecule has 0 bridgehead atoms. The number of methoxy groups -OCH3 is 1. The first kappa shape index (κ1) is 10.1. The summed E-state index contributed by atoms with van der Waals surface area (Å²) in [7, 11) is 1.70. The Hall–Kier alpha value is -1.06. The molecule has 1 aliphatic carbocycles. The SMILES string of the molecule is COc1ccc(CN2C[C@H]3C(N)[C@@H]3C2)cc1. The Balaban J connectivity index is 1.58. The minimum Gasteiger partial charge on any atom is -0.497 e. The quantitative estimate of drug-likeness (QED) is 0.825. The van der Waals surface area contributed by atoms with Crippen LogP contribution in [0.3, 0.4) is 0 Å². The number of hydrogen-bond donors (Lipinski definition) is 1. The van der Waals surface area contributed by atoms with E-state index in [0.717, 1.165) is 24.1 Å². The van der Waals surface area contributed by atoms with Crippen LogP contribution < -0.4 is 10.5 Å². The molecule has 0 amide bonds. The van der Waals surface area contributed by atoms with Crippen LogP contribution in [-0.4, -0.2) is 31.1 Å². The molecule has 2 fully saturated rings. The molecule has 1 heterocycles. The highest BCUT2D eigenvalue weighted by molar-refractivity contribution is 5.27. The van der Waals surface area contributed by atoms with Crippen LogP contribution in [0.1, 0.15) is 5.56 Å². The van der Waals surface area contributed by atoms with E-state index in [1.807, 2.05) is 12.1 Å². The van der Waals surface area contributed by atoms with Crippen molar-refractivity contribution >= 4 is 0 Å². The van der Waals surface area contributed by atoms with E-state index in [-0.39, 0.29) is 0 Å². The summed E-state index contributed by atoms with van der Waals surface area (Å²) in [4.78, 5) is 2.50. The maximum Gasteiger partial charge on any atom is 0.118 e. The molecule has 1 aromatic rings. The van der Waals surface area contributed by atoms with E-state index < -0.39 is 0 Å². The Morgan fingerprint density at radius 2 is 1.88 bits per heavy atom. The van der Waals surface area contributed by atoms with Crippen LogP contribution >= 0.6 is 0 Å². The molecule has 2 N–H and O–H groups in total. The fourth-order valence-corrected chi connectivity index (χ4v) is 2.78. The fraction of sp³-hybridized carbons (Fsp3) is 0.538. The molecule has 1 aliphatic heterocycles. The number of ether oxygens (including phenoxy) is 1. The molecule has 1 saturated heterocycles. The summed E-state index contributed by atoms with van der Waals surface area (Å²) in [6, 6.07) is 8.83. The van der Waals surface area contributed by atoms with Crippen molar-refractivity contribution in [2.75, 3.05) is 20.2 Å². The highest BCUT2D eigenvalue weighted by Crippen LogP contribution is 2.44. The second-order valence-electron chi connectivity index (χ2n) is 4.95. The minimum atomic E-state index is 0.493. The Morgan fingerprint density at radius 3 is 2.44 bits per heavy atom. The van der Waals surface area contributed by atoms with Crippen LogP contribution in [0.25, 0.3) is 0 Å². The maximum atomic E-state index is 5.92. The summed E-state index contributed by atoms with van der Waals surface area (Å²) in [6.45, 7) is 3.40. The second-order valence-corrected chi connectivity index (χ2v) is 4.95. The minimum absolute atomic E-state index is 0.493. The van der Waals surface area contributed by atoms with E-state index >= 15 is 0 Å². The van der Waals surface area contributed by atoms with Crippen molar-refractivity contribution in [2.24, 2.45) is 17.6 Å². The Bertz CT molecular complexity index is 364. The lowest BCUT2D eigenvalue weighted by Gasteiger charge is -2.18. The van der Waals surface area contributed by atoms with Gasteiger partial charge < -0.3 is 10.5 Å². The molecule has 2 atom stereocenters. The summed E-state index contributed by atoms with van der Waals surface area (Å²) >= 11 is 0. The summed E-state index contributed by atoms with van der Waals surface area (Å²) in [6.07, 6.45) is 0. The van der Waals surface area contributed by atoms with E-state index in [1.165, 1.54) is 18.7 Å². The van der Waals surface area contributed by atoms with Crippen molar-refractivity contribution in [3.8, 4) is 5.75 Å². The first-order valence-corrected chi connectivity index (χ1v) is 5.89. The molecule has 3 rings (SSSR count). The van der Waals surface area contributed by atoms with Crippen molar-refractivity contribution in [1.82, 2.24) is 4.90 Å². The molecule has 16 heavy (non-hydrogen) atoms. The standard InChI is InChI=1S/C13H18N2O/c1-16-10-4-2-9(3-5-10)6-15-7-11-12(8-15)13(11)14/h2-5,11-13H,6-8,14H2,1H3/t11-,12-/m1/s1. The fourth-order valence-electron chi connectivity index (χ4n) is 2.78. The van der Waals surface area contributed by atoms with Gasteiger partial charge in [-0.2, -0.15) is 0 Å². The van der Waals surface area contributed by atoms with Crippen molar-refractivity contribution in [1.29, 1.82) is 0 Å². The third-order valence-electron chi connectivity index (χ3n) is 3.90. The van der Waals surface area contributed by atoms with E-state index in [0.29, 0.717) is 6.04 Å². The average Bonchev–Trinajstić information content (AvgIpc) is 2.77. The smallest absolute Gasteiger partial charge is 0.118 e. The van der Waals surface area contributed by atoms with E-state index in [2.05, 4.69) is 17.0 Å². The van der Waals surface area contributed by atoms with Gasteiger partial charge in [0.15, 0.2) is 0 Å². The van der Waals surface area contributed by atoms with Gasteiger partial charge in [0.2, 0.25) is 0 Å². The Morgan fingerprint density at radius 1 is 1.25 bits per heavy atom. The summed E-state index contributed by atoms with van der Waals surface area (Å²) in [5.41, 5.74) is 7.28. The number of nitrogens with two attached hydrogens (primary N) is 1. The predicted molar refractivity (Wildman–Crippen MR) is 63.2 cm³/mol. The second kappa shape index (κ2) is 3.75.